The lowest BCUT2D eigenvalue weighted by molar-refractivity contribution is -0.124. The van der Waals surface area contributed by atoms with Crippen LogP contribution in [0.5, 0.6) is 0 Å². The number of aryl methyl sites for hydroxylation is 2. The molecular formula is C12H17F2N3O3. The molecule has 0 aliphatic carbocycles. The van der Waals surface area contributed by atoms with Gasteiger partial charge >= 0.3 is 0 Å². The molecule has 20 heavy (non-hydrogen) atoms. The molecule has 0 saturated heterocycles. The van der Waals surface area contributed by atoms with E-state index in [-0.39, 0.29) is 18.4 Å². The molecule has 6 nitrogen and oxygen atoms in total. The molecule has 0 aliphatic rings. The van der Waals surface area contributed by atoms with Crippen molar-refractivity contribution in [2.45, 2.75) is 32.6 Å². The Morgan fingerprint density at radius 2 is 2.10 bits per heavy atom. The predicted molar refractivity (Wildman–Crippen MR) is 67.7 cm³/mol. The topological polar surface area (TPSA) is 95.1 Å². The van der Waals surface area contributed by atoms with E-state index >= 15 is 0 Å². The number of aliphatic hydroxyl groups is 1. The molecule has 0 fully saturated rings. The molecule has 0 spiro atoms. The summed E-state index contributed by atoms with van der Waals surface area (Å²) in [4.78, 5) is 29.7. The molecule has 0 aromatic carbocycles. The average molecular weight is 289 g/mol. The van der Waals surface area contributed by atoms with Gasteiger partial charge in [-0.1, -0.05) is 0 Å². The molecule has 1 aromatic rings. The SMILES string of the molecule is Cc1nc(C)c(CCC(=O)NCC(F)(F)CO)c(=O)[nH]1. The highest BCUT2D eigenvalue weighted by molar-refractivity contribution is 5.76. The van der Waals surface area contributed by atoms with E-state index in [2.05, 4.69) is 9.97 Å². The van der Waals surface area contributed by atoms with Crippen LogP contribution in [0.1, 0.15) is 23.5 Å². The maximum Gasteiger partial charge on any atom is 0.287 e. The zero-order chi connectivity index (χ0) is 15.3. The Bertz CT molecular complexity index is 543. The second-order valence-electron chi connectivity index (χ2n) is 4.51. The van der Waals surface area contributed by atoms with E-state index in [9.17, 15) is 18.4 Å². The summed E-state index contributed by atoms with van der Waals surface area (Å²) in [6.45, 7) is 1.04. The third-order valence-electron chi connectivity index (χ3n) is 2.72. The highest BCUT2D eigenvalue weighted by atomic mass is 19.3. The summed E-state index contributed by atoms with van der Waals surface area (Å²) >= 11 is 0. The maximum atomic E-state index is 12.7. The first kappa shape index (κ1) is 16.2. The summed E-state index contributed by atoms with van der Waals surface area (Å²) in [6.07, 6.45) is 0.0150. The third kappa shape index (κ3) is 4.69. The number of amides is 1. The van der Waals surface area contributed by atoms with Crippen LogP contribution in [-0.4, -0.2) is 40.1 Å². The number of halogens is 2. The lowest BCUT2D eigenvalue weighted by atomic mass is 10.1. The van der Waals surface area contributed by atoms with Crippen LogP contribution in [0.25, 0.3) is 0 Å². The molecule has 1 amide bonds. The quantitative estimate of drug-likeness (QED) is 0.690. The molecule has 3 N–H and O–H groups in total. The Balaban J connectivity index is 2.56. The molecule has 0 aliphatic heterocycles. The van der Waals surface area contributed by atoms with E-state index in [1.807, 2.05) is 5.32 Å². The highest BCUT2D eigenvalue weighted by Crippen LogP contribution is 2.10. The molecule has 112 valence electrons. The number of aromatic amines is 1. The number of aromatic nitrogens is 2. The van der Waals surface area contributed by atoms with Gasteiger partial charge in [0.15, 0.2) is 0 Å². The van der Waals surface area contributed by atoms with Gasteiger partial charge in [0.25, 0.3) is 11.5 Å². The van der Waals surface area contributed by atoms with Crippen molar-refractivity contribution in [2.75, 3.05) is 13.2 Å². The van der Waals surface area contributed by atoms with Gasteiger partial charge in [-0.15, -0.1) is 0 Å². The van der Waals surface area contributed by atoms with E-state index in [1.165, 1.54) is 0 Å². The number of aliphatic hydroxyl groups excluding tert-OH is 1. The van der Waals surface area contributed by atoms with Crippen LogP contribution < -0.4 is 10.9 Å². The van der Waals surface area contributed by atoms with Gasteiger partial charge in [-0.3, -0.25) is 9.59 Å². The van der Waals surface area contributed by atoms with Crippen molar-refractivity contribution in [1.82, 2.24) is 15.3 Å². The number of nitrogens with one attached hydrogen (secondary N) is 2. The molecule has 0 atom stereocenters. The smallest absolute Gasteiger partial charge is 0.287 e. The zero-order valence-electron chi connectivity index (χ0n) is 11.3. The minimum Gasteiger partial charge on any atom is -0.390 e. The summed E-state index contributed by atoms with van der Waals surface area (Å²) in [5.41, 5.74) is 0.544. The fourth-order valence-electron chi connectivity index (χ4n) is 1.66. The Morgan fingerprint density at radius 3 is 2.65 bits per heavy atom. The Kier molecular flexibility index (Phi) is 5.32. The second kappa shape index (κ2) is 6.56. The number of alkyl halides is 2. The van der Waals surface area contributed by atoms with Crippen molar-refractivity contribution in [3.8, 4) is 0 Å². The second-order valence-corrected chi connectivity index (χ2v) is 4.51. The molecular weight excluding hydrogens is 272 g/mol. The van der Waals surface area contributed by atoms with Gasteiger partial charge in [0.1, 0.15) is 12.4 Å². The molecule has 8 heteroatoms. The van der Waals surface area contributed by atoms with Crippen LogP contribution in [0.15, 0.2) is 4.79 Å². The number of carbonyl (C=O) groups excluding carboxylic acids is 1. The van der Waals surface area contributed by atoms with Crippen molar-refractivity contribution in [2.24, 2.45) is 0 Å². The minimum absolute atomic E-state index is 0.101. The fraction of sp³-hybridized carbons (Fsp3) is 0.583. The number of hydrogen-bond donors (Lipinski definition) is 3. The van der Waals surface area contributed by atoms with Gasteiger partial charge in [0, 0.05) is 17.7 Å². The van der Waals surface area contributed by atoms with Crippen LogP contribution in [-0.2, 0) is 11.2 Å². The van der Waals surface area contributed by atoms with Crippen molar-refractivity contribution >= 4 is 5.91 Å². The molecule has 0 saturated carbocycles. The summed E-state index contributed by atoms with van der Waals surface area (Å²) < 4.78 is 25.4. The van der Waals surface area contributed by atoms with E-state index in [0.717, 1.165) is 0 Å². The van der Waals surface area contributed by atoms with Crippen LogP contribution in [0.2, 0.25) is 0 Å². The number of hydrogen-bond acceptors (Lipinski definition) is 4. The maximum absolute atomic E-state index is 12.7. The van der Waals surface area contributed by atoms with Gasteiger partial charge < -0.3 is 15.4 Å². The van der Waals surface area contributed by atoms with Crippen LogP contribution in [0.3, 0.4) is 0 Å². The molecule has 0 unspecified atom stereocenters. The monoisotopic (exact) mass is 289 g/mol. The first-order chi connectivity index (χ1) is 9.25. The number of H-pyrrole nitrogens is 1. The number of nitrogens with zero attached hydrogens (tertiary/aromatic N) is 1. The largest absolute Gasteiger partial charge is 0.390 e. The summed E-state index contributed by atoms with van der Waals surface area (Å²) in [5, 5.41) is 10.4. The average Bonchev–Trinajstić information content (AvgIpc) is 2.35. The predicted octanol–water partition coefficient (Wildman–Crippen LogP) is 0.0631. The van der Waals surface area contributed by atoms with Crippen LogP contribution in [0.4, 0.5) is 8.78 Å². The lowest BCUT2D eigenvalue weighted by Crippen LogP contribution is -2.39. The van der Waals surface area contributed by atoms with Crippen molar-refractivity contribution in [3.05, 3.63) is 27.4 Å². The molecule has 1 aromatic heterocycles. The Labute approximate surface area is 114 Å². The number of rotatable bonds is 6. The van der Waals surface area contributed by atoms with Crippen molar-refractivity contribution in [3.63, 3.8) is 0 Å². The first-order valence-corrected chi connectivity index (χ1v) is 6.07. The van der Waals surface area contributed by atoms with Gasteiger partial charge in [-0.25, -0.2) is 13.8 Å². The van der Waals surface area contributed by atoms with Gasteiger partial charge in [-0.05, 0) is 20.3 Å². The lowest BCUT2D eigenvalue weighted by Gasteiger charge is -2.13. The molecule has 1 rings (SSSR count). The molecule has 0 radical (unpaired) electrons. The summed E-state index contributed by atoms with van der Waals surface area (Å²) in [5.74, 6) is -3.48. The third-order valence-corrected chi connectivity index (χ3v) is 2.72. The van der Waals surface area contributed by atoms with Crippen molar-refractivity contribution in [1.29, 1.82) is 0 Å². The van der Waals surface area contributed by atoms with E-state index < -0.39 is 25.0 Å². The minimum atomic E-state index is -3.34. The summed E-state index contributed by atoms with van der Waals surface area (Å²) in [6, 6.07) is 0. The van der Waals surface area contributed by atoms with Gasteiger partial charge in [0.05, 0.1) is 6.54 Å². The van der Waals surface area contributed by atoms with E-state index in [4.69, 9.17) is 5.11 Å². The van der Waals surface area contributed by atoms with Gasteiger partial charge in [0.2, 0.25) is 5.91 Å². The molecule has 0 bridgehead atoms. The van der Waals surface area contributed by atoms with Crippen LogP contribution >= 0.6 is 0 Å². The first-order valence-electron chi connectivity index (χ1n) is 6.07. The Morgan fingerprint density at radius 1 is 1.45 bits per heavy atom. The van der Waals surface area contributed by atoms with E-state index in [1.54, 1.807) is 13.8 Å². The van der Waals surface area contributed by atoms with Crippen molar-refractivity contribution < 1.29 is 18.7 Å². The van der Waals surface area contributed by atoms with Gasteiger partial charge in [-0.2, -0.15) is 0 Å². The standard InChI is InChI=1S/C12H17F2N3O3/c1-7-9(11(20)17-8(2)16-7)3-4-10(19)15-5-12(13,14)6-18/h18H,3-6H2,1-2H3,(H,15,19)(H,16,17,20). The molecule has 1 heterocycles. The normalized spacial score (nSPS) is 11.4. The summed E-state index contributed by atoms with van der Waals surface area (Å²) in [7, 11) is 0. The zero-order valence-corrected chi connectivity index (χ0v) is 11.3. The highest BCUT2D eigenvalue weighted by Gasteiger charge is 2.28. The fourth-order valence-corrected chi connectivity index (χ4v) is 1.66. The Hall–Kier alpha value is -1.83. The van der Waals surface area contributed by atoms with E-state index in [0.29, 0.717) is 17.1 Å². The number of carbonyl (C=O) groups is 1. The van der Waals surface area contributed by atoms with Crippen LogP contribution in [0, 0.1) is 13.8 Å².